The van der Waals surface area contributed by atoms with Crippen LogP contribution >= 0.6 is 0 Å². The van der Waals surface area contributed by atoms with Crippen LogP contribution in [0.15, 0.2) is 59.4 Å². The lowest BCUT2D eigenvalue weighted by molar-refractivity contribution is -0.116. The van der Waals surface area contributed by atoms with Crippen molar-refractivity contribution in [3.63, 3.8) is 0 Å². The first-order valence-corrected chi connectivity index (χ1v) is 8.65. The van der Waals surface area contributed by atoms with Crippen LogP contribution in [0.2, 0.25) is 0 Å². The minimum atomic E-state index is -0.115. The van der Waals surface area contributed by atoms with Crippen molar-refractivity contribution in [3.8, 4) is 0 Å². The number of H-pyrrole nitrogens is 1. The van der Waals surface area contributed by atoms with Gasteiger partial charge in [0.2, 0.25) is 11.5 Å². The number of hydrogen-bond acceptors (Lipinski definition) is 2. The highest BCUT2D eigenvalue weighted by atomic mass is 16.1. The van der Waals surface area contributed by atoms with Gasteiger partial charge >= 0.3 is 0 Å². The summed E-state index contributed by atoms with van der Waals surface area (Å²) in [5.41, 5.74) is 3.61. The third-order valence-electron chi connectivity index (χ3n) is 4.31. The summed E-state index contributed by atoms with van der Waals surface area (Å²) >= 11 is 0. The smallest absolute Gasteiger partial charge is 0.248 e. The molecule has 3 aromatic rings. The largest absolute Gasteiger partial charge is 0.326 e. The highest BCUT2D eigenvalue weighted by Crippen LogP contribution is 2.20. The zero-order chi connectivity index (χ0) is 17.6. The number of rotatable bonds is 6. The fourth-order valence-electron chi connectivity index (χ4n) is 3.02. The molecule has 1 aromatic heterocycles. The SMILES string of the molecule is CCc1cc(=O)[nH]c2cc(NC(=O)CCCc3ccccc3)ccc12. The van der Waals surface area contributed by atoms with E-state index < -0.39 is 0 Å². The molecule has 0 unspecified atom stereocenters. The Bertz CT molecular complexity index is 930. The van der Waals surface area contributed by atoms with Crippen LogP contribution in [-0.4, -0.2) is 10.9 Å². The molecule has 0 saturated carbocycles. The second-order valence-electron chi connectivity index (χ2n) is 6.16. The Morgan fingerprint density at radius 3 is 2.64 bits per heavy atom. The van der Waals surface area contributed by atoms with E-state index >= 15 is 0 Å². The zero-order valence-corrected chi connectivity index (χ0v) is 14.3. The van der Waals surface area contributed by atoms with Crippen LogP contribution < -0.4 is 10.9 Å². The number of anilines is 1. The second kappa shape index (κ2) is 7.79. The Labute approximate surface area is 146 Å². The van der Waals surface area contributed by atoms with Gasteiger partial charge in [-0.05, 0) is 42.5 Å². The number of benzene rings is 2. The monoisotopic (exact) mass is 334 g/mol. The van der Waals surface area contributed by atoms with Gasteiger partial charge in [-0.2, -0.15) is 0 Å². The molecule has 0 atom stereocenters. The van der Waals surface area contributed by atoms with Crippen LogP contribution in [0.3, 0.4) is 0 Å². The summed E-state index contributed by atoms with van der Waals surface area (Å²) in [4.78, 5) is 26.7. The van der Waals surface area contributed by atoms with E-state index in [0.717, 1.165) is 35.7 Å². The van der Waals surface area contributed by atoms with E-state index in [1.807, 2.05) is 43.3 Å². The quantitative estimate of drug-likeness (QED) is 0.714. The van der Waals surface area contributed by atoms with Gasteiger partial charge in [-0.25, -0.2) is 0 Å². The average Bonchev–Trinajstić information content (AvgIpc) is 2.61. The molecular formula is C21H22N2O2. The van der Waals surface area contributed by atoms with Crippen LogP contribution in [0.25, 0.3) is 10.9 Å². The van der Waals surface area contributed by atoms with Crippen LogP contribution in [0.4, 0.5) is 5.69 Å². The molecule has 0 bridgehead atoms. The minimum absolute atomic E-state index is 0.00993. The highest BCUT2D eigenvalue weighted by molar-refractivity contribution is 5.94. The second-order valence-corrected chi connectivity index (χ2v) is 6.16. The number of pyridine rings is 1. The summed E-state index contributed by atoms with van der Waals surface area (Å²) in [5, 5.41) is 3.93. The van der Waals surface area contributed by atoms with Crippen LogP contribution in [-0.2, 0) is 17.6 Å². The van der Waals surface area contributed by atoms with Crippen molar-refractivity contribution in [1.29, 1.82) is 0 Å². The lowest BCUT2D eigenvalue weighted by atomic mass is 10.1. The van der Waals surface area contributed by atoms with Gasteiger partial charge in [-0.3, -0.25) is 9.59 Å². The first kappa shape index (κ1) is 17.0. The number of carbonyl (C=O) groups is 1. The highest BCUT2D eigenvalue weighted by Gasteiger charge is 2.06. The number of nitrogens with one attached hydrogen (secondary N) is 2. The Morgan fingerprint density at radius 2 is 1.88 bits per heavy atom. The van der Waals surface area contributed by atoms with Crippen molar-refractivity contribution in [2.45, 2.75) is 32.6 Å². The third kappa shape index (κ3) is 4.35. The first-order chi connectivity index (χ1) is 12.2. The fourth-order valence-corrected chi connectivity index (χ4v) is 3.02. The normalized spacial score (nSPS) is 10.8. The van der Waals surface area contributed by atoms with Crippen LogP contribution in [0.5, 0.6) is 0 Å². The number of carbonyl (C=O) groups excluding carboxylic acids is 1. The molecule has 0 saturated heterocycles. The molecule has 4 nitrogen and oxygen atoms in total. The van der Waals surface area contributed by atoms with Gasteiger partial charge in [-0.1, -0.05) is 43.3 Å². The minimum Gasteiger partial charge on any atom is -0.326 e. The van der Waals surface area contributed by atoms with E-state index in [1.165, 1.54) is 5.56 Å². The molecule has 1 heterocycles. The molecule has 3 rings (SSSR count). The summed E-state index contributed by atoms with van der Waals surface area (Å²) < 4.78 is 0. The first-order valence-electron chi connectivity index (χ1n) is 8.65. The summed E-state index contributed by atoms with van der Waals surface area (Å²) in [7, 11) is 0. The molecule has 2 N–H and O–H groups in total. The van der Waals surface area contributed by atoms with E-state index in [0.29, 0.717) is 12.1 Å². The molecule has 128 valence electrons. The molecule has 2 aromatic carbocycles. The Morgan fingerprint density at radius 1 is 1.08 bits per heavy atom. The average molecular weight is 334 g/mol. The molecule has 0 spiro atoms. The van der Waals surface area contributed by atoms with E-state index in [2.05, 4.69) is 22.4 Å². The van der Waals surface area contributed by atoms with Crippen LogP contribution in [0.1, 0.15) is 30.9 Å². The van der Waals surface area contributed by atoms with Crippen molar-refractivity contribution < 1.29 is 4.79 Å². The number of fused-ring (bicyclic) bond motifs is 1. The van der Waals surface area contributed by atoms with Gasteiger partial charge in [0, 0.05) is 23.6 Å². The number of aryl methyl sites for hydroxylation is 2. The van der Waals surface area contributed by atoms with Crippen LogP contribution in [0, 0.1) is 0 Å². The maximum Gasteiger partial charge on any atom is 0.248 e. The van der Waals surface area contributed by atoms with Gasteiger partial charge in [-0.15, -0.1) is 0 Å². The van der Waals surface area contributed by atoms with E-state index in [-0.39, 0.29) is 11.5 Å². The number of aromatic nitrogens is 1. The molecule has 25 heavy (non-hydrogen) atoms. The predicted octanol–water partition coefficient (Wildman–Crippen LogP) is 4.05. The molecule has 1 amide bonds. The van der Waals surface area contributed by atoms with Gasteiger partial charge in [0.1, 0.15) is 0 Å². The van der Waals surface area contributed by atoms with E-state index in [9.17, 15) is 9.59 Å². The van der Waals surface area contributed by atoms with Crippen molar-refractivity contribution in [1.82, 2.24) is 4.98 Å². The van der Waals surface area contributed by atoms with Crippen molar-refractivity contribution in [2.24, 2.45) is 0 Å². The Hall–Kier alpha value is -2.88. The maximum absolute atomic E-state index is 12.1. The molecule has 0 fully saturated rings. The Kier molecular flexibility index (Phi) is 5.29. The molecule has 0 aliphatic rings. The number of aromatic amines is 1. The van der Waals surface area contributed by atoms with E-state index in [4.69, 9.17) is 0 Å². The molecule has 0 radical (unpaired) electrons. The van der Waals surface area contributed by atoms with Crippen molar-refractivity contribution >= 4 is 22.5 Å². The summed E-state index contributed by atoms with van der Waals surface area (Å²) in [6.07, 6.45) is 2.96. The summed E-state index contributed by atoms with van der Waals surface area (Å²) in [6, 6.07) is 17.4. The molecular weight excluding hydrogens is 312 g/mol. The molecule has 0 aliphatic carbocycles. The lowest BCUT2D eigenvalue weighted by Gasteiger charge is -2.08. The van der Waals surface area contributed by atoms with Gasteiger partial charge < -0.3 is 10.3 Å². The standard InChI is InChI=1S/C21H22N2O2/c1-2-16-13-21(25)23-19-14-17(11-12-18(16)19)22-20(24)10-6-9-15-7-4-3-5-8-15/h3-5,7-8,11-14H,2,6,9-10H2,1H3,(H,22,24)(H,23,25). The van der Waals surface area contributed by atoms with Crippen molar-refractivity contribution in [3.05, 3.63) is 76.1 Å². The molecule has 0 aliphatic heterocycles. The zero-order valence-electron chi connectivity index (χ0n) is 14.3. The lowest BCUT2D eigenvalue weighted by Crippen LogP contribution is -2.12. The summed E-state index contributed by atoms with van der Waals surface area (Å²) in [6.45, 7) is 2.02. The maximum atomic E-state index is 12.1. The van der Waals surface area contributed by atoms with Gasteiger partial charge in [0.15, 0.2) is 0 Å². The number of amides is 1. The van der Waals surface area contributed by atoms with Crippen molar-refractivity contribution in [2.75, 3.05) is 5.32 Å². The predicted molar refractivity (Wildman–Crippen MR) is 102 cm³/mol. The fraction of sp³-hybridized carbons (Fsp3) is 0.238. The topological polar surface area (TPSA) is 62.0 Å². The third-order valence-corrected chi connectivity index (χ3v) is 4.31. The summed E-state index contributed by atoms with van der Waals surface area (Å²) in [5.74, 6) is -0.00993. The van der Waals surface area contributed by atoms with Gasteiger partial charge in [0.05, 0.1) is 5.52 Å². The number of hydrogen-bond donors (Lipinski definition) is 2. The van der Waals surface area contributed by atoms with Gasteiger partial charge in [0.25, 0.3) is 0 Å². The van der Waals surface area contributed by atoms with E-state index in [1.54, 1.807) is 6.07 Å². The molecule has 4 heteroatoms. The Balaban J connectivity index is 1.64.